The summed E-state index contributed by atoms with van der Waals surface area (Å²) in [5, 5.41) is 3.25. The molecule has 0 aliphatic rings. The standard InChI is InChI=1S/C3H7NO.Li/c1-3(5)4-2;/h1-2H3,(H,4,5);/q;+1/p-1. The Labute approximate surface area is 49.5 Å². The topological polar surface area (TPSA) is 31.2 Å². The van der Waals surface area contributed by atoms with Gasteiger partial charge < -0.3 is 10.1 Å². The van der Waals surface area contributed by atoms with Crippen LogP contribution in [0.15, 0.2) is 0 Å². The van der Waals surface area contributed by atoms with Crippen LogP contribution in [0.5, 0.6) is 0 Å². The van der Waals surface area contributed by atoms with E-state index in [2.05, 4.69) is 5.32 Å². The summed E-state index contributed by atoms with van der Waals surface area (Å²) in [6.07, 6.45) is 0. The van der Waals surface area contributed by atoms with E-state index >= 15 is 0 Å². The smallest absolute Gasteiger partial charge is 0.656 e. The van der Waals surface area contributed by atoms with Crippen molar-refractivity contribution >= 4 is 5.91 Å². The van der Waals surface area contributed by atoms with Crippen LogP contribution in [-0.2, 0) is 4.79 Å². The summed E-state index contributed by atoms with van der Waals surface area (Å²) in [4.78, 5) is 9.65. The summed E-state index contributed by atoms with van der Waals surface area (Å²) in [5.41, 5.74) is 0. The van der Waals surface area contributed by atoms with E-state index in [1.54, 1.807) is 0 Å². The van der Waals surface area contributed by atoms with Gasteiger partial charge in [-0.05, 0) is 6.92 Å². The minimum absolute atomic E-state index is 0. The van der Waals surface area contributed by atoms with Crippen LogP contribution < -0.4 is 18.9 Å². The summed E-state index contributed by atoms with van der Waals surface area (Å²) in [6, 6.07) is 0. The van der Waals surface area contributed by atoms with Crippen molar-refractivity contribution in [2.24, 2.45) is 0 Å². The summed E-state index contributed by atoms with van der Waals surface area (Å²) in [7, 11) is 1.47. The Balaban J connectivity index is 0. The molecule has 0 spiro atoms. The fourth-order valence-corrected chi connectivity index (χ4v) is 0. The number of nitrogens with zero attached hydrogens (tertiary/aromatic N) is 1. The summed E-state index contributed by atoms with van der Waals surface area (Å²) < 4.78 is 0. The van der Waals surface area contributed by atoms with Gasteiger partial charge in [0, 0.05) is 5.91 Å². The predicted octanol–water partition coefficient (Wildman–Crippen LogP) is -2.46. The van der Waals surface area contributed by atoms with Crippen molar-refractivity contribution in [2.75, 3.05) is 7.05 Å². The molecule has 30 valence electrons. The van der Waals surface area contributed by atoms with Crippen molar-refractivity contribution in [2.45, 2.75) is 6.92 Å². The van der Waals surface area contributed by atoms with Crippen LogP contribution in [0, 0.1) is 0 Å². The molecule has 0 radical (unpaired) electrons. The zero-order chi connectivity index (χ0) is 4.28. The Bertz CT molecular complexity index is 46.1. The van der Waals surface area contributed by atoms with Crippen LogP contribution in [0.1, 0.15) is 6.92 Å². The molecule has 0 bridgehead atoms. The summed E-state index contributed by atoms with van der Waals surface area (Å²) >= 11 is 0. The van der Waals surface area contributed by atoms with Crippen molar-refractivity contribution in [3.05, 3.63) is 5.32 Å². The molecule has 0 N–H and O–H groups in total. The fraction of sp³-hybridized carbons (Fsp3) is 0.667. The van der Waals surface area contributed by atoms with E-state index < -0.39 is 0 Å². The normalized spacial score (nSPS) is 5.67. The van der Waals surface area contributed by atoms with E-state index in [4.69, 9.17) is 0 Å². The van der Waals surface area contributed by atoms with E-state index in [0.717, 1.165) is 0 Å². The van der Waals surface area contributed by atoms with Gasteiger partial charge in [0.15, 0.2) is 0 Å². The van der Waals surface area contributed by atoms with Crippen molar-refractivity contribution < 1.29 is 23.7 Å². The fourth-order valence-electron chi connectivity index (χ4n) is 0. The van der Waals surface area contributed by atoms with Crippen LogP contribution in [0.4, 0.5) is 0 Å². The van der Waals surface area contributed by atoms with Gasteiger partial charge in [0.2, 0.25) is 0 Å². The largest absolute Gasteiger partial charge is 1.00 e. The Morgan fingerprint density at radius 2 is 1.83 bits per heavy atom. The second-order valence-corrected chi connectivity index (χ2v) is 0.743. The monoisotopic (exact) mass is 79.1 g/mol. The summed E-state index contributed by atoms with van der Waals surface area (Å²) in [5.74, 6) is -0.120. The number of carbonyl (C=O) groups excluding carboxylic acids is 1. The Kier molecular flexibility index (Phi) is 7.95. The maximum absolute atomic E-state index is 9.65. The molecule has 0 aromatic heterocycles. The second-order valence-electron chi connectivity index (χ2n) is 0.743. The zero-order valence-electron chi connectivity index (χ0n) is 4.36. The summed E-state index contributed by atoms with van der Waals surface area (Å²) in [6.45, 7) is 1.42. The molecular formula is C3H6LiNO. The van der Waals surface area contributed by atoms with Gasteiger partial charge in [0.25, 0.3) is 0 Å². The van der Waals surface area contributed by atoms with Gasteiger partial charge in [-0.3, -0.25) is 0 Å². The van der Waals surface area contributed by atoms with Crippen LogP contribution in [0.25, 0.3) is 5.32 Å². The van der Waals surface area contributed by atoms with Gasteiger partial charge in [0.05, 0.1) is 0 Å². The molecule has 0 aromatic rings. The quantitative estimate of drug-likeness (QED) is 0.296. The minimum Gasteiger partial charge on any atom is -0.656 e. The number of hydrogen-bond acceptors (Lipinski definition) is 1. The second kappa shape index (κ2) is 5.07. The Morgan fingerprint density at radius 1 is 1.67 bits per heavy atom. The van der Waals surface area contributed by atoms with E-state index in [0.29, 0.717) is 0 Å². The molecule has 0 heterocycles. The molecule has 0 aliphatic heterocycles. The van der Waals surface area contributed by atoms with E-state index in [1.807, 2.05) is 0 Å². The van der Waals surface area contributed by atoms with Crippen LogP contribution in [0.2, 0.25) is 0 Å². The third-order valence-electron chi connectivity index (χ3n) is 0.315. The first kappa shape index (κ1) is 9.42. The molecule has 6 heavy (non-hydrogen) atoms. The number of rotatable bonds is 0. The van der Waals surface area contributed by atoms with Gasteiger partial charge in [-0.25, -0.2) is 0 Å². The molecule has 0 atom stereocenters. The zero-order valence-corrected chi connectivity index (χ0v) is 4.36. The van der Waals surface area contributed by atoms with Crippen molar-refractivity contribution in [3.8, 4) is 0 Å². The third-order valence-corrected chi connectivity index (χ3v) is 0.315. The molecule has 0 rings (SSSR count). The van der Waals surface area contributed by atoms with Gasteiger partial charge in [-0.2, -0.15) is 0 Å². The number of carbonyl (C=O) groups is 1. The molecule has 2 nitrogen and oxygen atoms in total. The SMILES string of the molecule is C[N-]C(C)=O.[Li+]. The van der Waals surface area contributed by atoms with Crippen molar-refractivity contribution in [1.82, 2.24) is 0 Å². The molecule has 0 saturated carbocycles. The average molecular weight is 79.0 g/mol. The molecular weight excluding hydrogens is 73.0 g/mol. The van der Waals surface area contributed by atoms with Crippen LogP contribution in [-0.4, -0.2) is 13.0 Å². The van der Waals surface area contributed by atoms with E-state index in [9.17, 15) is 4.79 Å². The van der Waals surface area contributed by atoms with E-state index in [-0.39, 0.29) is 24.8 Å². The van der Waals surface area contributed by atoms with E-state index in [1.165, 1.54) is 14.0 Å². The number of amides is 1. The molecule has 3 heteroatoms. The Morgan fingerprint density at radius 3 is 1.83 bits per heavy atom. The molecule has 1 amide bonds. The first-order chi connectivity index (χ1) is 2.27. The molecule has 0 saturated heterocycles. The Hall–Kier alpha value is 0.0674. The van der Waals surface area contributed by atoms with Gasteiger partial charge >= 0.3 is 18.9 Å². The predicted molar refractivity (Wildman–Crippen MR) is 20.0 cm³/mol. The van der Waals surface area contributed by atoms with Crippen LogP contribution in [0.3, 0.4) is 0 Å². The minimum atomic E-state index is -0.120. The molecule has 0 fully saturated rings. The maximum atomic E-state index is 9.65. The van der Waals surface area contributed by atoms with Gasteiger partial charge in [-0.1, -0.05) is 0 Å². The molecule has 0 unspecified atom stereocenters. The van der Waals surface area contributed by atoms with Gasteiger partial charge in [0.1, 0.15) is 0 Å². The molecule has 0 aliphatic carbocycles. The van der Waals surface area contributed by atoms with Crippen molar-refractivity contribution in [3.63, 3.8) is 0 Å². The average Bonchev–Trinajstić information content (AvgIpc) is 1.38. The number of hydrogen-bond donors (Lipinski definition) is 0. The molecule has 0 aromatic carbocycles. The first-order valence-electron chi connectivity index (χ1n) is 1.37. The van der Waals surface area contributed by atoms with Crippen molar-refractivity contribution in [1.29, 1.82) is 0 Å². The van der Waals surface area contributed by atoms with Gasteiger partial charge in [-0.15, -0.1) is 7.05 Å². The first-order valence-corrected chi connectivity index (χ1v) is 1.37. The third kappa shape index (κ3) is 8.95. The van der Waals surface area contributed by atoms with Crippen LogP contribution >= 0.6 is 0 Å². The maximum Gasteiger partial charge on any atom is 1.00 e.